The first-order valence-corrected chi connectivity index (χ1v) is 12.8. The summed E-state index contributed by atoms with van der Waals surface area (Å²) in [4.78, 5) is 46.8. The average Bonchev–Trinajstić information content (AvgIpc) is 3.31. The SMILES string of the molecule is C/C(=C\N(C(=O)N(C=O)c1ccc(F)cc1)C(C)C)C(=O)Nc1ccc(Oc2ccnc3[nH]cc(Br)c23)c(F)c1. The molecule has 206 valence electrons. The zero-order valence-electron chi connectivity index (χ0n) is 21.6. The summed E-state index contributed by atoms with van der Waals surface area (Å²) in [6, 6.07) is 9.22. The van der Waals surface area contributed by atoms with Crippen LogP contribution in [0.4, 0.5) is 25.0 Å². The molecule has 40 heavy (non-hydrogen) atoms. The number of hydrogen-bond donors (Lipinski definition) is 2. The predicted octanol–water partition coefficient (Wildman–Crippen LogP) is 6.73. The molecule has 0 unspecified atom stereocenters. The van der Waals surface area contributed by atoms with Gasteiger partial charge in [0, 0.05) is 46.4 Å². The third-order valence-electron chi connectivity index (χ3n) is 5.78. The molecule has 2 aromatic heterocycles. The molecule has 0 aliphatic heterocycles. The standard InChI is InChI=1S/C28H24BrF2N5O4/c1-16(2)35(28(39)36(15-37)20-7-4-18(30)5-8-20)14-17(3)27(38)34-19-6-9-23(22(31)12-19)40-24-10-11-32-26-25(24)21(29)13-33-26/h4-16H,1-3H3,(H,32,33)(H,34,38)/b17-14+. The van der Waals surface area contributed by atoms with Gasteiger partial charge in [0.25, 0.3) is 5.91 Å². The molecule has 4 amide bonds. The summed E-state index contributed by atoms with van der Waals surface area (Å²) >= 11 is 3.41. The molecule has 4 aromatic rings. The van der Waals surface area contributed by atoms with Gasteiger partial charge in [0.1, 0.15) is 17.2 Å². The van der Waals surface area contributed by atoms with Crippen molar-refractivity contribution in [3.05, 3.63) is 88.8 Å². The second-order valence-electron chi connectivity index (χ2n) is 8.92. The van der Waals surface area contributed by atoms with E-state index in [2.05, 4.69) is 31.2 Å². The maximum Gasteiger partial charge on any atom is 0.335 e. The van der Waals surface area contributed by atoms with Crippen LogP contribution >= 0.6 is 15.9 Å². The van der Waals surface area contributed by atoms with Crippen molar-refractivity contribution in [1.82, 2.24) is 14.9 Å². The summed E-state index contributed by atoms with van der Waals surface area (Å²) in [5, 5.41) is 3.23. The highest BCUT2D eigenvalue weighted by Crippen LogP contribution is 2.35. The van der Waals surface area contributed by atoms with Gasteiger partial charge >= 0.3 is 6.03 Å². The molecule has 0 radical (unpaired) electrons. The van der Waals surface area contributed by atoms with E-state index in [1.807, 2.05) is 0 Å². The number of aromatic nitrogens is 2. The minimum atomic E-state index is -0.740. The van der Waals surface area contributed by atoms with E-state index < -0.39 is 29.6 Å². The molecule has 12 heteroatoms. The molecular formula is C28H24BrF2N5O4. The van der Waals surface area contributed by atoms with Gasteiger partial charge in [0.15, 0.2) is 11.6 Å². The average molecular weight is 612 g/mol. The van der Waals surface area contributed by atoms with Crippen LogP contribution in [0.2, 0.25) is 0 Å². The molecule has 0 aliphatic carbocycles. The third-order valence-corrected chi connectivity index (χ3v) is 6.41. The summed E-state index contributed by atoms with van der Waals surface area (Å²) in [6.07, 6.45) is 4.83. The molecule has 0 saturated carbocycles. The fourth-order valence-electron chi connectivity index (χ4n) is 3.72. The molecule has 9 nitrogen and oxygen atoms in total. The van der Waals surface area contributed by atoms with Crippen LogP contribution in [0, 0.1) is 11.6 Å². The van der Waals surface area contributed by atoms with Crippen molar-refractivity contribution < 1.29 is 27.9 Å². The number of aromatic amines is 1. The van der Waals surface area contributed by atoms with Crippen molar-refractivity contribution in [3.63, 3.8) is 0 Å². The molecule has 0 atom stereocenters. The van der Waals surface area contributed by atoms with Crippen LogP contribution in [0.3, 0.4) is 0 Å². The number of rotatable bonds is 8. The van der Waals surface area contributed by atoms with E-state index in [9.17, 15) is 23.2 Å². The topological polar surface area (TPSA) is 108 Å². The fourth-order valence-corrected chi connectivity index (χ4v) is 4.22. The van der Waals surface area contributed by atoms with Gasteiger partial charge in [-0.05, 0) is 79.2 Å². The molecule has 4 rings (SSSR count). The molecule has 2 N–H and O–H groups in total. The number of benzene rings is 2. The minimum Gasteiger partial charge on any atom is -0.453 e. The van der Waals surface area contributed by atoms with E-state index in [-0.39, 0.29) is 22.7 Å². The van der Waals surface area contributed by atoms with Crippen molar-refractivity contribution in [3.8, 4) is 11.5 Å². The second kappa shape index (κ2) is 12.1. The van der Waals surface area contributed by atoms with Crippen LogP contribution in [0.15, 0.2) is 77.2 Å². The lowest BCUT2D eigenvalue weighted by Crippen LogP contribution is -2.43. The first-order valence-electron chi connectivity index (χ1n) is 12.0. The number of halogens is 3. The van der Waals surface area contributed by atoms with E-state index in [0.29, 0.717) is 27.7 Å². The van der Waals surface area contributed by atoms with Crippen LogP contribution in [0.1, 0.15) is 20.8 Å². The molecule has 2 heterocycles. The molecule has 0 saturated heterocycles. The predicted molar refractivity (Wildman–Crippen MR) is 150 cm³/mol. The van der Waals surface area contributed by atoms with E-state index in [0.717, 1.165) is 23.1 Å². The van der Waals surface area contributed by atoms with Gasteiger partial charge in [-0.1, -0.05) is 0 Å². The Morgan fingerprint density at radius 2 is 1.82 bits per heavy atom. The second-order valence-corrected chi connectivity index (χ2v) is 9.77. The zero-order valence-corrected chi connectivity index (χ0v) is 23.2. The van der Waals surface area contributed by atoms with Crippen LogP contribution < -0.4 is 15.0 Å². The highest BCUT2D eigenvalue weighted by Gasteiger charge is 2.24. The van der Waals surface area contributed by atoms with Crippen LogP contribution in [-0.4, -0.2) is 39.3 Å². The van der Waals surface area contributed by atoms with Crippen molar-refractivity contribution >= 4 is 56.7 Å². The highest BCUT2D eigenvalue weighted by atomic mass is 79.9. The number of amides is 4. The Balaban J connectivity index is 1.49. The Morgan fingerprint density at radius 3 is 2.48 bits per heavy atom. The molecule has 0 spiro atoms. The number of nitrogens with one attached hydrogen (secondary N) is 2. The smallest absolute Gasteiger partial charge is 0.335 e. The Kier molecular flexibility index (Phi) is 8.58. The normalized spacial score (nSPS) is 11.4. The van der Waals surface area contributed by atoms with Gasteiger partial charge in [-0.3, -0.25) is 14.5 Å². The van der Waals surface area contributed by atoms with E-state index >= 15 is 0 Å². The van der Waals surface area contributed by atoms with Crippen molar-refractivity contribution in [2.75, 3.05) is 10.2 Å². The first-order chi connectivity index (χ1) is 19.1. The number of anilines is 2. The van der Waals surface area contributed by atoms with Gasteiger partial charge in [-0.15, -0.1) is 0 Å². The lowest BCUT2D eigenvalue weighted by atomic mass is 10.2. The number of ether oxygens (including phenoxy) is 1. The number of fused-ring (bicyclic) bond motifs is 1. The summed E-state index contributed by atoms with van der Waals surface area (Å²) in [7, 11) is 0. The maximum absolute atomic E-state index is 14.9. The van der Waals surface area contributed by atoms with Crippen LogP contribution in [-0.2, 0) is 9.59 Å². The molecule has 2 aromatic carbocycles. The van der Waals surface area contributed by atoms with Crippen molar-refractivity contribution in [2.24, 2.45) is 0 Å². The van der Waals surface area contributed by atoms with Crippen molar-refractivity contribution in [1.29, 1.82) is 0 Å². The number of carbonyl (C=O) groups is 3. The Morgan fingerprint density at radius 1 is 1.10 bits per heavy atom. The number of urea groups is 1. The molecular weight excluding hydrogens is 588 g/mol. The van der Waals surface area contributed by atoms with Gasteiger partial charge < -0.3 is 15.0 Å². The quantitative estimate of drug-likeness (QED) is 0.170. The van der Waals surface area contributed by atoms with Crippen LogP contribution in [0.5, 0.6) is 11.5 Å². The van der Waals surface area contributed by atoms with Crippen LogP contribution in [0.25, 0.3) is 11.0 Å². The monoisotopic (exact) mass is 611 g/mol. The Hall–Kier alpha value is -4.58. The number of H-pyrrole nitrogens is 1. The van der Waals surface area contributed by atoms with Gasteiger partial charge in [0.05, 0.1) is 11.1 Å². The third kappa shape index (κ3) is 6.18. The zero-order chi connectivity index (χ0) is 29.0. The molecule has 0 bridgehead atoms. The summed E-state index contributed by atoms with van der Waals surface area (Å²) in [5.74, 6) is -1.50. The number of imide groups is 1. The summed E-state index contributed by atoms with van der Waals surface area (Å²) in [6.45, 7) is 4.87. The van der Waals surface area contributed by atoms with Gasteiger partial charge in [0.2, 0.25) is 6.41 Å². The van der Waals surface area contributed by atoms with Gasteiger partial charge in [-0.25, -0.2) is 23.5 Å². The number of carbonyl (C=O) groups excluding carboxylic acids is 3. The maximum atomic E-state index is 14.9. The molecule has 0 fully saturated rings. The van der Waals surface area contributed by atoms with Gasteiger partial charge in [-0.2, -0.15) is 0 Å². The van der Waals surface area contributed by atoms with E-state index in [1.54, 1.807) is 26.1 Å². The highest BCUT2D eigenvalue weighted by molar-refractivity contribution is 9.10. The number of hydrogen-bond acceptors (Lipinski definition) is 5. The Labute approximate surface area is 236 Å². The fraction of sp³-hybridized carbons (Fsp3) is 0.143. The minimum absolute atomic E-state index is 0.0582. The number of pyridine rings is 1. The first kappa shape index (κ1) is 28.4. The summed E-state index contributed by atoms with van der Waals surface area (Å²) in [5.41, 5.74) is 1.01. The largest absolute Gasteiger partial charge is 0.453 e. The van der Waals surface area contributed by atoms with E-state index in [4.69, 9.17) is 4.74 Å². The lowest BCUT2D eigenvalue weighted by Gasteiger charge is -2.28. The summed E-state index contributed by atoms with van der Waals surface area (Å²) < 4.78 is 34.7. The van der Waals surface area contributed by atoms with Crippen molar-refractivity contribution in [2.45, 2.75) is 26.8 Å². The molecule has 0 aliphatic rings. The number of nitrogens with zero attached hydrogens (tertiary/aromatic N) is 3. The van der Waals surface area contributed by atoms with E-state index in [1.165, 1.54) is 48.5 Å². The lowest BCUT2D eigenvalue weighted by molar-refractivity contribution is -0.112. The Bertz CT molecular complexity index is 1600.